The molecule has 0 aliphatic heterocycles. The van der Waals surface area contributed by atoms with Gasteiger partial charge in [0.2, 0.25) is 0 Å². The van der Waals surface area contributed by atoms with Gasteiger partial charge in [0.05, 0.1) is 4.92 Å². The Balaban J connectivity index is 1.64. The molecule has 8 heteroatoms. The van der Waals surface area contributed by atoms with Gasteiger partial charge >= 0.3 is 0 Å². The van der Waals surface area contributed by atoms with Gasteiger partial charge in [-0.1, -0.05) is 17.7 Å². The fourth-order valence-corrected chi connectivity index (χ4v) is 2.60. The molecule has 0 bridgehead atoms. The molecule has 0 fully saturated rings. The van der Waals surface area contributed by atoms with Crippen molar-refractivity contribution in [3.05, 3.63) is 99.1 Å². The molecule has 2 amide bonds. The van der Waals surface area contributed by atoms with Gasteiger partial charge < -0.3 is 10.6 Å². The van der Waals surface area contributed by atoms with Crippen LogP contribution in [0.4, 0.5) is 17.1 Å². The Kier molecular flexibility index (Phi) is 5.67. The van der Waals surface area contributed by atoms with Crippen molar-refractivity contribution in [2.75, 3.05) is 10.6 Å². The maximum Gasteiger partial charge on any atom is 0.269 e. The van der Waals surface area contributed by atoms with Crippen LogP contribution in [-0.4, -0.2) is 16.7 Å². The molecule has 2 N–H and O–H groups in total. The molecule has 0 atom stereocenters. The highest BCUT2D eigenvalue weighted by molar-refractivity contribution is 6.31. The van der Waals surface area contributed by atoms with E-state index in [1.165, 1.54) is 24.3 Å². The van der Waals surface area contributed by atoms with Crippen molar-refractivity contribution in [3.63, 3.8) is 0 Å². The predicted molar refractivity (Wildman–Crippen MR) is 107 cm³/mol. The molecule has 140 valence electrons. The van der Waals surface area contributed by atoms with Crippen LogP contribution in [0.2, 0.25) is 5.02 Å². The Morgan fingerprint density at radius 3 is 1.86 bits per heavy atom. The number of rotatable bonds is 5. The Hall–Kier alpha value is -3.71. The number of non-ortho nitro benzene ring substituents is 1. The van der Waals surface area contributed by atoms with Crippen molar-refractivity contribution >= 4 is 40.5 Å². The second-order valence-electron chi connectivity index (χ2n) is 5.80. The molecule has 3 rings (SSSR count). The van der Waals surface area contributed by atoms with Crippen molar-refractivity contribution in [1.29, 1.82) is 0 Å². The predicted octanol–water partition coefficient (Wildman–Crippen LogP) is 4.75. The molecule has 0 spiro atoms. The minimum Gasteiger partial charge on any atom is -0.322 e. The number of hydrogen-bond acceptors (Lipinski definition) is 4. The highest BCUT2D eigenvalue weighted by Crippen LogP contribution is 2.18. The Morgan fingerprint density at radius 1 is 0.786 bits per heavy atom. The fourth-order valence-electron chi connectivity index (χ4n) is 2.41. The number of nitro benzene ring substituents is 1. The quantitative estimate of drug-likeness (QED) is 0.480. The summed E-state index contributed by atoms with van der Waals surface area (Å²) in [6, 6.07) is 18.4. The van der Waals surface area contributed by atoms with E-state index in [-0.39, 0.29) is 17.2 Å². The minimum absolute atomic E-state index is 0.0911. The van der Waals surface area contributed by atoms with E-state index >= 15 is 0 Å². The number of benzene rings is 3. The monoisotopic (exact) mass is 395 g/mol. The first-order valence-corrected chi connectivity index (χ1v) is 8.53. The van der Waals surface area contributed by atoms with Crippen molar-refractivity contribution in [3.8, 4) is 0 Å². The van der Waals surface area contributed by atoms with E-state index in [4.69, 9.17) is 11.6 Å². The largest absolute Gasteiger partial charge is 0.322 e. The molecular formula is C20H14ClN3O4. The molecule has 0 heterocycles. The average Bonchev–Trinajstić information content (AvgIpc) is 2.68. The molecule has 3 aromatic rings. The molecule has 0 saturated heterocycles. The van der Waals surface area contributed by atoms with Crippen LogP contribution in [0.15, 0.2) is 72.8 Å². The molecule has 0 saturated carbocycles. The summed E-state index contributed by atoms with van der Waals surface area (Å²) < 4.78 is 0. The van der Waals surface area contributed by atoms with Crippen LogP contribution in [0, 0.1) is 10.1 Å². The maximum absolute atomic E-state index is 12.3. The number of nitro groups is 1. The second-order valence-corrected chi connectivity index (χ2v) is 6.24. The van der Waals surface area contributed by atoms with Crippen LogP contribution in [0.25, 0.3) is 0 Å². The summed E-state index contributed by atoms with van der Waals surface area (Å²) in [5.74, 6) is -0.721. The van der Waals surface area contributed by atoms with Crippen molar-refractivity contribution in [1.82, 2.24) is 0 Å². The van der Waals surface area contributed by atoms with Crippen LogP contribution in [0.1, 0.15) is 20.7 Å². The van der Waals surface area contributed by atoms with Crippen LogP contribution in [0.5, 0.6) is 0 Å². The summed E-state index contributed by atoms with van der Waals surface area (Å²) in [5, 5.41) is 16.6. The zero-order chi connectivity index (χ0) is 20.1. The van der Waals surface area contributed by atoms with Crippen molar-refractivity contribution < 1.29 is 14.5 Å². The van der Waals surface area contributed by atoms with Gasteiger partial charge in [-0.25, -0.2) is 0 Å². The summed E-state index contributed by atoms with van der Waals surface area (Å²) in [7, 11) is 0. The van der Waals surface area contributed by atoms with E-state index in [2.05, 4.69) is 10.6 Å². The molecule has 0 radical (unpaired) electrons. The third-order valence-electron chi connectivity index (χ3n) is 3.83. The van der Waals surface area contributed by atoms with Crippen LogP contribution < -0.4 is 10.6 Å². The van der Waals surface area contributed by atoms with Crippen LogP contribution in [0.3, 0.4) is 0 Å². The van der Waals surface area contributed by atoms with Crippen molar-refractivity contribution in [2.45, 2.75) is 0 Å². The summed E-state index contributed by atoms with van der Waals surface area (Å²) in [6.45, 7) is 0. The zero-order valence-corrected chi connectivity index (χ0v) is 15.1. The fraction of sp³-hybridized carbons (Fsp3) is 0. The van der Waals surface area contributed by atoms with Gasteiger partial charge in [-0.3, -0.25) is 19.7 Å². The number of nitrogens with zero attached hydrogens (tertiary/aromatic N) is 1. The van der Waals surface area contributed by atoms with Gasteiger partial charge in [-0.15, -0.1) is 0 Å². The first-order valence-electron chi connectivity index (χ1n) is 8.15. The van der Waals surface area contributed by atoms with E-state index in [0.29, 0.717) is 22.0 Å². The molecule has 0 aromatic heterocycles. The second kappa shape index (κ2) is 8.32. The van der Waals surface area contributed by atoms with E-state index in [1.54, 1.807) is 48.5 Å². The smallest absolute Gasteiger partial charge is 0.269 e. The number of anilines is 2. The summed E-state index contributed by atoms with van der Waals surface area (Å²) in [4.78, 5) is 34.6. The number of hydrogen-bond donors (Lipinski definition) is 2. The van der Waals surface area contributed by atoms with E-state index in [1.807, 2.05) is 0 Å². The summed E-state index contributed by atoms with van der Waals surface area (Å²) >= 11 is 5.89. The first kappa shape index (κ1) is 19.1. The summed E-state index contributed by atoms with van der Waals surface area (Å²) in [5.41, 5.74) is 1.67. The van der Waals surface area contributed by atoms with Gasteiger partial charge in [0.25, 0.3) is 17.5 Å². The van der Waals surface area contributed by atoms with Gasteiger partial charge in [0.1, 0.15) is 0 Å². The number of amides is 2. The van der Waals surface area contributed by atoms with Gasteiger partial charge in [-0.05, 0) is 54.6 Å². The third kappa shape index (κ3) is 4.72. The molecule has 0 aliphatic rings. The normalized spacial score (nSPS) is 10.2. The number of carbonyl (C=O) groups excluding carboxylic acids is 2. The van der Waals surface area contributed by atoms with Gasteiger partial charge in [0.15, 0.2) is 0 Å². The standard InChI is InChI=1S/C20H14ClN3O4/c21-15-2-1-3-17(12-15)23-20(26)13-4-8-16(9-5-13)22-19(25)14-6-10-18(11-7-14)24(27)28/h1-12H,(H,22,25)(H,23,26). The Labute approximate surface area is 165 Å². The highest BCUT2D eigenvalue weighted by atomic mass is 35.5. The average molecular weight is 396 g/mol. The topological polar surface area (TPSA) is 101 Å². The first-order chi connectivity index (χ1) is 13.4. The Morgan fingerprint density at radius 2 is 1.32 bits per heavy atom. The molecule has 3 aromatic carbocycles. The van der Waals surface area contributed by atoms with Crippen LogP contribution in [-0.2, 0) is 0 Å². The van der Waals surface area contributed by atoms with Gasteiger partial charge in [0, 0.05) is 39.7 Å². The lowest BCUT2D eigenvalue weighted by Crippen LogP contribution is -2.13. The molecule has 28 heavy (non-hydrogen) atoms. The zero-order valence-electron chi connectivity index (χ0n) is 14.4. The van der Waals surface area contributed by atoms with Gasteiger partial charge in [-0.2, -0.15) is 0 Å². The molecule has 7 nitrogen and oxygen atoms in total. The highest BCUT2D eigenvalue weighted by Gasteiger charge is 2.11. The molecule has 0 unspecified atom stereocenters. The SMILES string of the molecule is O=C(Nc1ccc(C(=O)Nc2cccc(Cl)c2)cc1)c1ccc([N+](=O)[O-])cc1. The van der Waals surface area contributed by atoms with Crippen molar-refractivity contribution in [2.24, 2.45) is 0 Å². The number of carbonyl (C=O) groups is 2. The maximum atomic E-state index is 12.3. The lowest BCUT2D eigenvalue weighted by atomic mass is 10.1. The van der Waals surface area contributed by atoms with Crippen LogP contribution >= 0.6 is 11.6 Å². The molecular weight excluding hydrogens is 382 g/mol. The van der Waals surface area contributed by atoms with E-state index < -0.39 is 10.8 Å². The van der Waals surface area contributed by atoms with E-state index in [9.17, 15) is 19.7 Å². The lowest BCUT2D eigenvalue weighted by molar-refractivity contribution is -0.384. The number of nitrogens with one attached hydrogen (secondary N) is 2. The summed E-state index contributed by atoms with van der Waals surface area (Å²) in [6.07, 6.45) is 0. The Bertz CT molecular complexity index is 1030. The molecule has 0 aliphatic carbocycles. The third-order valence-corrected chi connectivity index (χ3v) is 4.06. The minimum atomic E-state index is -0.533. The van der Waals surface area contributed by atoms with E-state index in [0.717, 1.165) is 0 Å². The number of halogens is 1. The lowest BCUT2D eigenvalue weighted by Gasteiger charge is -2.08.